The van der Waals surface area contributed by atoms with Gasteiger partial charge in [0.25, 0.3) is 0 Å². The summed E-state index contributed by atoms with van der Waals surface area (Å²) in [7, 11) is 0. The molecule has 0 saturated heterocycles. The van der Waals surface area contributed by atoms with Crippen LogP contribution in [0.25, 0.3) is 0 Å². The van der Waals surface area contributed by atoms with Crippen LogP contribution < -0.4 is 0 Å². The lowest BCUT2D eigenvalue weighted by Gasteiger charge is -2.19. The number of aliphatic hydroxyl groups is 1. The van der Waals surface area contributed by atoms with E-state index in [1.165, 1.54) is 4.90 Å². The van der Waals surface area contributed by atoms with Crippen LogP contribution in [0.3, 0.4) is 0 Å². The lowest BCUT2D eigenvalue weighted by atomic mass is 10.2. The number of nitrogens with zero attached hydrogens (tertiary/aromatic N) is 1. The minimum atomic E-state index is -0.923. The van der Waals surface area contributed by atoms with Crippen LogP contribution in [0.15, 0.2) is 12.2 Å². The lowest BCUT2D eigenvalue weighted by molar-refractivity contribution is 0.136. The highest BCUT2D eigenvalue weighted by atomic mass is 16.4. The maximum absolute atomic E-state index is 10.5. The van der Waals surface area contributed by atoms with Gasteiger partial charge in [0.1, 0.15) is 0 Å². The zero-order valence-electron chi connectivity index (χ0n) is 6.10. The number of aliphatic hydroxyl groups excluding tert-OH is 1. The molecule has 1 aliphatic heterocycles. The van der Waals surface area contributed by atoms with E-state index in [-0.39, 0.29) is 12.6 Å². The predicted octanol–water partition coefficient (Wildman–Crippen LogP) is 0.287. The molecule has 0 radical (unpaired) electrons. The third-order valence-electron chi connectivity index (χ3n) is 1.73. The first-order chi connectivity index (χ1) is 5.25. The summed E-state index contributed by atoms with van der Waals surface area (Å²) in [6.07, 6.45) is 3.18. The number of carboxylic acid groups (broad SMARTS) is 1. The highest BCUT2D eigenvalue weighted by Gasteiger charge is 2.22. The molecular weight excluding hydrogens is 146 g/mol. The maximum Gasteiger partial charge on any atom is 0.408 e. The van der Waals surface area contributed by atoms with Crippen LogP contribution in [0.5, 0.6) is 0 Å². The molecule has 1 amide bonds. The Morgan fingerprint density at radius 1 is 1.73 bits per heavy atom. The standard InChI is InChI=1S/C7H11NO3/c9-5-3-6-2-1-4-8(6)7(10)11/h1-2,6,9H,3-5H2,(H,10,11)/t6-/m0/s1. The van der Waals surface area contributed by atoms with E-state index in [2.05, 4.69) is 0 Å². The molecule has 11 heavy (non-hydrogen) atoms. The normalized spacial score (nSPS) is 22.6. The third-order valence-corrected chi connectivity index (χ3v) is 1.73. The predicted molar refractivity (Wildman–Crippen MR) is 39.4 cm³/mol. The largest absolute Gasteiger partial charge is 0.465 e. The highest BCUT2D eigenvalue weighted by Crippen LogP contribution is 2.12. The van der Waals surface area contributed by atoms with Gasteiger partial charge in [0, 0.05) is 13.2 Å². The summed E-state index contributed by atoms with van der Waals surface area (Å²) in [5.74, 6) is 0. The molecule has 0 aromatic carbocycles. The summed E-state index contributed by atoms with van der Waals surface area (Å²) in [5.41, 5.74) is 0. The fourth-order valence-electron chi connectivity index (χ4n) is 1.18. The van der Waals surface area contributed by atoms with E-state index in [1.807, 2.05) is 6.08 Å². The molecule has 0 aromatic rings. The second-order valence-electron chi connectivity index (χ2n) is 2.44. The fourth-order valence-corrected chi connectivity index (χ4v) is 1.18. The summed E-state index contributed by atoms with van der Waals surface area (Å²) in [6.45, 7) is 0.471. The molecule has 0 saturated carbocycles. The molecule has 1 atom stereocenters. The number of amides is 1. The Balaban J connectivity index is 2.49. The van der Waals surface area contributed by atoms with Gasteiger partial charge in [-0.15, -0.1) is 0 Å². The van der Waals surface area contributed by atoms with Crippen LogP contribution in [0.4, 0.5) is 4.79 Å². The molecule has 2 N–H and O–H groups in total. The zero-order chi connectivity index (χ0) is 8.27. The van der Waals surface area contributed by atoms with Crippen molar-refractivity contribution in [3.8, 4) is 0 Å². The van der Waals surface area contributed by atoms with E-state index in [0.717, 1.165) is 0 Å². The number of rotatable bonds is 2. The Morgan fingerprint density at radius 2 is 2.45 bits per heavy atom. The Hall–Kier alpha value is -1.03. The van der Waals surface area contributed by atoms with Gasteiger partial charge in [0.15, 0.2) is 0 Å². The summed E-state index contributed by atoms with van der Waals surface area (Å²) in [4.78, 5) is 11.8. The molecule has 4 nitrogen and oxygen atoms in total. The van der Waals surface area contributed by atoms with Crippen LogP contribution in [0.2, 0.25) is 0 Å². The second-order valence-corrected chi connectivity index (χ2v) is 2.44. The van der Waals surface area contributed by atoms with E-state index < -0.39 is 6.09 Å². The molecule has 0 bridgehead atoms. The van der Waals surface area contributed by atoms with Gasteiger partial charge in [-0.2, -0.15) is 0 Å². The molecule has 1 heterocycles. The van der Waals surface area contributed by atoms with Crippen molar-refractivity contribution < 1.29 is 15.0 Å². The first-order valence-electron chi connectivity index (χ1n) is 3.53. The van der Waals surface area contributed by atoms with Gasteiger partial charge in [0.05, 0.1) is 6.04 Å². The van der Waals surface area contributed by atoms with E-state index in [9.17, 15) is 4.79 Å². The van der Waals surface area contributed by atoms with Crippen molar-refractivity contribution in [3.05, 3.63) is 12.2 Å². The molecule has 62 valence electrons. The Kier molecular flexibility index (Phi) is 2.48. The zero-order valence-corrected chi connectivity index (χ0v) is 6.10. The van der Waals surface area contributed by atoms with Crippen molar-refractivity contribution in [3.63, 3.8) is 0 Å². The van der Waals surface area contributed by atoms with Crippen molar-refractivity contribution in [2.75, 3.05) is 13.2 Å². The Morgan fingerprint density at radius 3 is 3.00 bits per heavy atom. The Bertz CT molecular complexity index is 179. The molecule has 4 heteroatoms. The lowest BCUT2D eigenvalue weighted by Crippen LogP contribution is -2.35. The van der Waals surface area contributed by atoms with Gasteiger partial charge in [-0.05, 0) is 6.42 Å². The van der Waals surface area contributed by atoms with Crippen molar-refractivity contribution >= 4 is 6.09 Å². The first kappa shape index (κ1) is 8.07. The molecule has 0 unspecified atom stereocenters. The minimum Gasteiger partial charge on any atom is -0.465 e. The van der Waals surface area contributed by atoms with Gasteiger partial charge in [-0.1, -0.05) is 12.2 Å². The number of hydrogen-bond acceptors (Lipinski definition) is 2. The van der Waals surface area contributed by atoms with Gasteiger partial charge < -0.3 is 10.2 Å². The van der Waals surface area contributed by atoms with Crippen LogP contribution in [-0.4, -0.2) is 40.4 Å². The molecule has 0 aliphatic carbocycles. The van der Waals surface area contributed by atoms with Gasteiger partial charge in [0.2, 0.25) is 0 Å². The first-order valence-corrected chi connectivity index (χ1v) is 3.53. The molecule has 1 rings (SSSR count). The van der Waals surface area contributed by atoms with Crippen molar-refractivity contribution in [2.24, 2.45) is 0 Å². The molecule has 0 aromatic heterocycles. The van der Waals surface area contributed by atoms with Gasteiger partial charge in [-0.3, -0.25) is 4.90 Å². The number of carbonyl (C=O) groups is 1. The van der Waals surface area contributed by atoms with E-state index in [4.69, 9.17) is 10.2 Å². The summed E-state index contributed by atoms with van der Waals surface area (Å²) < 4.78 is 0. The van der Waals surface area contributed by atoms with Crippen LogP contribution >= 0.6 is 0 Å². The average molecular weight is 157 g/mol. The summed E-state index contributed by atoms with van der Waals surface area (Å²) in [6, 6.07) is -0.127. The monoisotopic (exact) mass is 157 g/mol. The molecular formula is C7H11NO3. The summed E-state index contributed by atoms with van der Waals surface area (Å²) >= 11 is 0. The maximum atomic E-state index is 10.5. The van der Waals surface area contributed by atoms with Crippen LogP contribution in [-0.2, 0) is 0 Å². The molecule has 1 aliphatic rings. The smallest absolute Gasteiger partial charge is 0.408 e. The molecule has 0 spiro atoms. The van der Waals surface area contributed by atoms with Crippen molar-refractivity contribution in [2.45, 2.75) is 12.5 Å². The quantitative estimate of drug-likeness (QED) is 0.566. The van der Waals surface area contributed by atoms with Gasteiger partial charge in [-0.25, -0.2) is 4.79 Å². The summed E-state index contributed by atoms with van der Waals surface area (Å²) in [5, 5.41) is 17.2. The SMILES string of the molecule is O=C(O)N1CC=C[C@H]1CCO. The second kappa shape index (κ2) is 3.39. The van der Waals surface area contributed by atoms with Crippen LogP contribution in [0, 0.1) is 0 Å². The van der Waals surface area contributed by atoms with Crippen molar-refractivity contribution in [1.29, 1.82) is 0 Å². The van der Waals surface area contributed by atoms with Gasteiger partial charge >= 0.3 is 6.09 Å². The third kappa shape index (κ3) is 1.71. The Labute approximate surface area is 64.7 Å². The fraction of sp³-hybridized carbons (Fsp3) is 0.571. The molecule has 0 fully saturated rings. The average Bonchev–Trinajstić information content (AvgIpc) is 2.36. The van der Waals surface area contributed by atoms with Crippen molar-refractivity contribution in [1.82, 2.24) is 4.90 Å². The van der Waals surface area contributed by atoms with E-state index in [0.29, 0.717) is 13.0 Å². The van der Waals surface area contributed by atoms with Crippen LogP contribution in [0.1, 0.15) is 6.42 Å². The van der Waals surface area contributed by atoms with E-state index >= 15 is 0 Å². The highest BCUT2D eigenvalue weighted by molar-refractivity contribution is 5.66. The van der Waals surface area contributed by atoms with E-state index in [1.54, 1.807) is 6.08 Å². The number of hydrogen-bond donors (Lipinski definition) is 2. The topological polar surface area (TPSA) is 60.8 Å². The minimum absolute atomic E-state index is 0.0266.